The first-order valence-electron chi connectivity index (χ1n) is 6.67. The average Bonchev–Trinajstić information content (AvgIpc) is 2.53. The predicted octanol–water partition coefficient (Wildman–Crippen LogP) is 1.94. The van der Waals surface area contributed by atoms with Gasteiger partial charge in [-0.05, 0) is 13.8 Å². The molecule has 0 aliphatic heterocycles. The van der Waals surface area contributed by atoms with E-state index in [1.54, 1.807) is 13.8 Å². The van der Waals surface area contributed by atoms with Gasteiger partial charge in [0.2, 0.25) is 0 Å². The van der Waals surface area contributed by atoms with E-state index < -0.39 is 0 Å². The number of benzene rings is 1. The Bertz CT molecular complexity index is 568. The zero-order valence-electron chi connectivity index (χ0n) is 13.2. The third-order valence-corrected chi connectivity index (χ3v) is 2.85. The molecule has 0 atom stereocenters. The number of hydrogen-bond donors (Lipinski definition) is 1. The maximum atomic E-state index is 9.37. The molecule has 1 rings (SSSR count). The zero-order valence-corrected chi connectivity index (χ0v) is 13.2. The molecule has 0 aliphatic carbocycles. The monoisotopic (exact) mass is 307 g/mol. The summed E-state index contributed by atoms with van der Waals surface area (Å²) in [6, 6.07) is 7.43. The summed E-state index contributed by atoms with van der Waals surface area (Å²) in [6.07, 6.45) is 0. The molecule has 0 bridgehead atoms. The molecule has 1 N–H and O–H groups in total. The molecule has 22 heavy (non-hydrogen) atoms. The number of nitrogens with zero attached hydrogens (tertiary/aromatic N) is 3. The molecule has 0 spiro atoms. The molecule has 7 nitrogen and oxygen atoms in total. The van der Waals surface area contributed by atoms with Crippen LogP contribution >= 0.6 is 0 Å². The van der Waals surface area contributed by atoms with Crippen molar-refractivity contribution in [2.45, 2.75) is 20.5 Å². The first-order chi connectivity index (χ1) is 10.6. The summed E-state index contributed by atoms with van der Waals surface area (Å²) in [5, 5.41) is 20.9. The van der Waals surface area contributed by atoms with Gasteiger partial charge in [0.25, 0.3) is 0 Å². The van der Waals surface area contributed by atoms with E-state index in [0.717, 1.165) is 11.1 Å². The number of aliphatic hydroxyl groups excluding tert-OH is 1. The van der Waals surface area contributed by atoms with Crippen molar-refractivity contribution in [3.05, 3.63) is 35.4 Å². The second kappa shape index (κ2) is 9.51. The molecule has 0 saturated heterocycles. The Balaban J connectivity index is 2.85. The van der Waals surface area contributed by atoms with Gasteiger partial charge in [-0.25, -0.2) is 0 Å². The maximum absolute atomic E-state index is 9.37. The van der Waals surface area contributed by atoms with E-state index in [4.69, 9.17) is 9.68 Å². The topological polar surface area (TPSA) is 85.0 Å². The van der Waals surface area contributed by atoms with Crippen molar-refractivity contribution in [2.75, 3.05) is 20.8 Å². The number of hydrogen-bond acceptors (Lipinski definition) is 7. The van der Waals surface area contributed by atoms with Gasteiger partial charge in [0.1, 0.15) is 38.0 Å². The predicted molar refractivity (Wildman–Crippen MR) is 85.1 cm³/mol. The summed E-state index contributed by atoms with van der Waals surface area (Å²) >= 11 is 0. The minimum Gasteiger partial charge on any atom is -0.399 e. The van der Waals surface area contributed by atoms with Crippen LogP contribution < -0.4 is 0 Å². The van der Waals surface area contributed by atoms with Crippen molar-refractivity contribution in [1.29, 1.82) is 0 Å². The Morgan fingerprint density at radius 3 is 2.27 bits per heavy atom. The van der Waals surface area contributed by atoms with Crippen LogP contribution in [0, 0.1) is 0 Å². The zero-order chi connectivity index (χ0) is 16.4. The van der Waals surface area contributed by atoms with Crippen LogP contribution in [0.25, 0.3) is 0 Å². The van der Waals surface area contributed by atoms with Gasteiger partial charge in [-0.1, -0.05) is 39.7 Å². The van der Waals surface area contributed by atoms with Crippen LogP contribution in [0.1, 0.15) is 25.0 Å². The molecule has 0 saturated carbocycles. The standard InChI is InChI=1S/C15H21N3O4/c1-11(16-20-3)12(2)17-22-10-13-7-5-6-8-14(13)15(9-19)18-21-4/h5-8,19H,9-10H2,1-4H3. The fourth-order valence-electron chi connectivity index (χ4n) is 1.67. The van der Waals surface area contributed by atoms with E-state index in [-0.39, 0.29) is 13.2 Å². The molecule has 0 fully saturated rings. The molecule has 0 unspecified atom stereocenters. The highest BCUT2D eigenvalue weighted by Crippen LogP contribution is 2.12. The van der Waals surface area contributed by atoms with Crippen LogP contribution in [0.15, 0.2) is 39.7 Å². The number of rotatable bonds is 8. The normalized spacial score (nSPS) is 13.0. The van der Waals surface area contributed by atoms with Gasteiger partial charge < -0.3 is 19.6 Å². The summed E-state index contributed by atoms with van der Waals surface area (Å²) in [4.78, 5) is 14.7. The van der Waals surface area contributed by atoms with E-state index in [0.29, 0.717) is 17.1 Å². The molecular formula is C15H21N3O4. The minimum absolute atomic E-state index is 0.229. The Labute approximate surface area is 129 Å². The highest BCUT2D eigenvalue weighted by atomic mass is 16.6. The highest BCUT2D eigenvalue weighted by Gasteiger charge is 2.09. The van der Waals surface area contributed by atoms with Crippen LogP contribution in [0.5, 0.6) is 0 Å². The Morgan fingerprint density at radius 2 is 1.64 bits per heavy atom. The van der Waals surface area contributed by atoms with Gasteiger partial charge in [0, 0.05) is 11.1 Å². The fraction of sp³-hybridized carbons (Fsp3) is 0.400. The molecule has 7 heteroatoms. The largest absolute Gasteiger partial charge is 0.399 e. The van der Waals surface area contributed by atoms with E-state index in [2.05, 4.69) is 20.3 Å². The van der Waals surface area contributed by atoms with Crippen LogP contribution in [-0.2, 0) is 21.1 Å². The molecule has 1 aromatic rings. The Kier molecular flexibility index (Phi) is 7.63. The lowest BCUT2D eigenvalue weighted by atomic mass is 10.0. The van der Waals surface area contributed by atoms with Crippen molar-refractivity contribution in [1.82, 2.24) is 0 Å². The quantitative estimate of drug-likeness (QED) is 0.587. The van der Waals surface area contributed by atoms with Gasteiger partial charge in [-0.3, -0.25) is 0 Å². The van der Waals surface area contributed by atoms with Crippen LogP contribution in [-0.4, -0.2) is 43.1 Å². The fourth-order valence-corrected chi connectivity index (χ4v) is 1.67. The summed E-state index contributed by atoms with van der Waals surface area (Å²) < 4.78 is 0. The van der Waals surface area contributed by atoms with Crippen molar-refractivity contribution in [3.63, 3.8) is 0 Å². The maximum Gasteiger partial charge on any atom is 0.142 e. The van der Waals surface area contributed by atoms with Crippen LogP contribution in [0.2, 0.25) is 0 Å². The summed E-state index contributed by atoms with van der Waals surface area (Å²) in [5.74, 6) is 0. The number of oxime groups is 3. The van der Waals surface area contributed by atoms with E-state index in [1.807, 2.05) is 24.3 Å². The third kappa shape index (κ3) is 5.17. The van der Waals surface area contributed by atoms with Gasteiger partial charge >= 0.3 is 0 Å². The van der Waals surface area contributed by atoms with Crippen molar-refractivity contribution in [2.24, 2.45) is 15.5 Å². The summed E-state index contributed by atoms with van der Waals surface area (Å²) in [6.45, 7) is 3.55. The minimum atomic E-state index is -0.229. The first-order valence-corrected chi connectivity index (χ1v) is 6.67. The van der Waals surface area contributed by atoms with Gasteiger partial charge in [0.15, 0.2) is 0 Å². The van der Waals surface area contributed by atoms with Gasteiger partial charge in [-0.15, -0.1) is 0 Å². The Hall–Kier alpha value is -2.41. The van der Waals surface area contributed by atoms with E-state index >= 15 is 0 Å². The first kappa shape index (κ1) is 17.6. The molecular weight excluding hydrogens is 286 g/mol. The lowest BCUT2D eigenvalue weighted by molar-refractivity contribution is 0.130. The second-order valence-corrected chi connectivity index (χ2v) is 4.35. The van der Waals surface area contributed by atoms with Crippen LogP contribution in [0.3, 0.4) is 0 Å². The lowest BCUT2D eigenvalue weighted by Gasteiger charge is -2.09. The summed E-state index contributed by atoms with van der Waals surface area (Å²) in [5.41, 5.74) is 3.27. The summed E-state index contributed by atoms with van der Waals surface area (Å²) in [7, 11) is 2.90. The SMILES string of the molecule is CON=C(C)C(C)=NOCc1ccccc1C(CO)=NOC. The molecule has 0 heterocycles. The number of aliphatic hydroxyl groups is 1. The van der Waals surface area contributed by atoms with Crippen molar-refractivity contribution >= 4 is 17.1 Å². The van der Waals surface area contributed by atoms with Crippen LogP contribution in [0.4, 0.5) is 0 Å². The second-order valence-electron chi connectivity index (χ2n) is 4.35. The van der Waals surface area contributed by atoms with E-state index in [9.17, 15) is 5.11 Å². The smallest absolute Gasteiger partial charge is 0.142 e. The average molecular weight is 307 g/mol. The van der Waals surface area contributed by atoms with Gasteiger partial charge in [-0.2, -0.15) is 0 Å². The molecule has 0 radical (unpaired) electrons. The molecule has 0 aliphatic rings. The third-order valence-electron chi connectivity index (χ3n) is 2.85. The van der Waals surface area contributed by atoms with Crippen molar-refractivity contribution in [3.8, 4) is 0 Å². The molecule has 120 valence electrons. The molecule has 1 aromatic carbocycles. The molecule has 0 aromatic heterocycles. The highest BCUT2D eigenvalue weighted by molar-refractivity contribution is 6.40. The van der Waals surface area contributed by atoms with E-state index in [1.165, 1.54) is 14.2 Å². The molecule has 0 amide bonds. The lowest BCUT2D eigenvalue weighted by Crippen LogP contribution is -2.11. The van der Waals surface area contributed by atoms with Crippen molar-refractivity contribution < 1.29 is 19.6 Å². The van der Waals surface area contributed by atoms with Gasteiger partial charge in [0.05, 0.1) is 6.61 Å². The Morgan fingerprint density at radius 1 is 1.00 bits per heavy atom.